The van der Waals surface area contributed by atoms with Crippen molar-refractivity contribution in [2.24, 2.45) is 17.6 Å². The van der Waals surface area contributed by atoms with Crippen LogP contribution >= 0.6 is 0 Å². The summed E-state index contributed by atoms with van der Waals surface area (Å²) in [6.07, 6.45) is 10.7. The summed E-state index contributed by atoms with van der Waals surface area (Å²) in [4.78, 5) is 22.5. The molecule has 3 aromatic rings. The van der Waals surface area contributed by atoms with Crippen LogP contribution < -0.4 is 25.9 Å². The number of esters is 1. The SMILES string of the molecule is CCc1cnn2c(NCc3ccc[n+](OC)c3)cc(N[C@H]3CCCC[C@H]3COC(=O)C(N)C(C)C)nc12. The maximum absolute atomic E-state index is 12.3. The molecule has 0 amide bonds. The third kappa shape index (κ3) is 6.49. The van der Waals surface area contributed by atoms with E-state index in [2.05, 4.69) is 22.7 Å². The van der Waals surface area contributed by atoms with Crippen LogP contribution in [0.15, 0.2) is 36.8 Å². The Bertz CT molecular complexity index is 1200. The van der Waals surface area contributed by atoms with Gasteiger partial charge >= 0.3 is 5.97 Å². The average molecular weight is 511 g/mol. The number of aryl methyl sites for hydroxylation is 1. The Labute approximate surface area is 218 Å². The molecule has 0 saturated heterocycles. The van der Waals surface area contributed by atoms with E-state index in [0.717, 1.165) is 60.5 Å². The molecule has 4 N–H and O–H groups in total. The Balaban J connectivity index is 1.52. The largest absolute Gasteiger partial charge is 0.464 e. The highest BCUT2D eigenvalue weighted by molar-refractivity contribution is 5.75. The molecule has 1 aliphatic rings. The smallest absolute Gasteiger partial charge is 0.323 e. The van der Waals surface area contributed by atoms with Crippen LogP contribution in [0.1, 0.15) is 57.6 Å². The zero-order chi connectivity index (χ0) is 26.4. The Kier molecular flexibility index (Phi) is 8.81. The van der Waals surface area contributed by atoms with Gasteiger partial charge < -0.3 is 21.1 Å². The van der Waals surface area contributed by atoms with E-state index in [1.54, 1.807) is 11.8 Å². The number of aromatic nitrogens is 4. The summed E-state index contributed by atoms with van der Waals surface area (Å²) in [7, 11) is 1.63. The minimum Gasteiger partial charge on any atom is -0.464 e. The number of hydrogen-bond acceptors (Lipinski definition) is 8. The lowest BCUT2D eigenvalue weighted by molar-refractivity contribution is -0.885. The van der Waals surface area contributed by atoms with Gasteiger partial charge in [0.1, 0.15) is 24.8 Å². The lowest BCUT2D eigenvalue weighted by atomic mass is 9.85. The van der Waals surface area contributed by atoms with E-state index in [0.29, 0.717) is 13.2 Å². The molecule has 0 aliphatic heterocycles. The van der Waals surface area contributed by atoms with Crippen LogP contribution in [0.4, 0.5) is 11.6 Å². The zero-order valence-electron chi connectivity index (χ0n) is 22.3. The molecule has 3 atom stereocenters. The van der Waals surface area contributed by atoms with Crippen LogP contribution in [0.25, 0.3) is 5.65 Å². The lowest BCUT2D eigenvalue weighted by Crippen LogP contribution is -2.40. The molecule has 0 radical (unpaired) electrons. The van der Waals surface area contributed by atoms with Gasteiger partial charge in [0.25, 0.3) is 0 Å². The number of anilines is 2. The highest BCUT2D eigenvalue weighted by Gasteiger charge is 2.28. The van der Waals surface area contributed by atoms with Crippen molar-refractivity contribution in [2.45, 2.75) is 71.5 Å². The van der Waals surface area contributed by atoms with Gasteiger partial charge in [-0.25, -0.2) is 4.98 Å². The molecular formula is C27H40N7O3+. The number of ether oxygens (including phenoxy) is 1. The highest BCUT2D eigenvalue weighted by Crippen LogP contribution is 2.29. The Morgan fingerprint density at radius 3 is 2.89 bits per heavy atom. The molecule has 10 nitrogen and oxygen atoms in total. The molecule has 4 rings (SSSR count). The molecule has 0 bridgehead atoms. The fourth-order valence-electron chi connectivity index (χ4n) is 4.71. The Morgan fingerprint density at radius 2 is 2.14 bits per heavy atom. The predicted octanol–water partition coefficient (Wildman–Crippen LogP) is 2.75. The fraction of sp³-hybridized carbons (Fsp3) is 0.556. The summed E-state index contributed by atoms with van der Waals surface area (Å²) in [5.41, 5.74) is 8.97. The standard InChI is InChI=1S/C27H40N7O3/c1-5-20-15-30-34-24(29-14-19-9-8-12-33(16-19)36-4)13-23(32-26(20)34)31-22-11-7-6-10-21(22)17-37-27(35)25(28)18(2)3/h8-9,12-13,15-16,18,21-22,25,29H,5-7,10-11,14,17,28H2,1-4H3,(H,31,32)/q+1/t21-,22-,25?/m0/s1. The maximum atomic E-state index is 12.3. The van der Waals surface area contributed by atoms with Crippen molar-refractivity contribution in [2.75, 3.05) is 24.4 Å². The van der Waals surface area contributed by atoms with E-state index >= 15 is 0 Å². The second-order valence-corrected chi connectivity index (χ2v) is 10.1. The summed E-state index contributed by atoms with van der Waals surface area (Å²) in [5, 5.41) is 11.8. The minimum atomic E-state index is -0.593. The van der Waals surface area contributed by atoms with E-state index in [-0.39, 0.29) is 23.8 Å². The van der Waals surface area contributed by atoms with E-state index in [4.69, 9.17) is 20.3 Å². The first kappa shape index (κ1) is 26.7. The number of nitrogens with two attached hydrogens (primary N) is 1. The lowest BCUT2D eigenvalue weighted by Gasteiger charge is -2.32. The van der Waals surface area contributed by atoms with Crippen molar-refractivity contribution in [3.05, 3.63) is 47.9 Å². The number of carbonyl (C=O) groups is 1. The Morgan fingerprint density at radius 1 is 1.32 bits per heavy atom. The molecule has 37 heavy (non-hydrogen) atoms. The fourth-order valence-corrected chi connectivity index (χ4v) is 4.71. The van der Waals surface area contributed by atoms with Crippen LogP contribution in [0.2, 0.25) is 0 Å². The zero-order valence-corrected chi connectivity index (χ0v) is 22.3. The average Bonchev–Trinajstić information content (AvgIpc) is 3.33. The molecule has 1 aliphatic carbocycles. The topological polar surface area (TPSA) is 120 Å². The van der Waals surface area contributed by atoms with Gasteiger partial charge in [-0.15, -0.1) is 0 Å². The number of pyridine rings is 1. The van der Waals surface area contributed by atoms with Gasteiger partial charge in [0.05, 0.1) is 12.8 Å². The van der Waals surface area contributed by atoms with Crippen molar-refractivity contribution in [1.82, 2.24) is 14.6 Å². The summed E-state index contributed by atoms with van der Waals surface area (Å²) in [6.45, 7) is 6.93. The second-order valence-electron chi connectivity index (χ2n) is 10.1. The Hall–Kier alpha value is -3.40. The first-order chi connectivity index (χ1) is 17.9. The highest BCUT2D eigenvalue weighted by atomic mass is 16.6. The number of carbonyl (C=O) groups excluding carboxylic acids is 1. The van der Waals surface area contributed by atoms with E-state index < -0.39 is 6.04 Å². The normalized spacial score (nSPS) is 18.5. The summed E-state index contributed by atoms with van der Waals surface area (Å²) < 4.78 is 9.15. The minimum absolute atomic E-state index is 0.0496. The number of nitrogens with zero attached hydrogens (tertiary/aromatic N) is 4. The molecule has 0 aromatic carbocycles. The number of fused-ring (bicyclic) bond motifs is 1. The van der Waals surface area contributed by atoms with Crippen LogP contribution in [-0.2, 0) is 22.5 Å². The van der Waals surface area contributed by atoms with Crippen molar-refractivity contribution in [1.29, 1.82) is 0 Å². The number of nitrogens with one attached hydrogen (secondary N) is 2. The van der Waals surface area contributed by atoms with E-state index in [9.17, 15) is 4.79 Å². The van der Waals surface area contributed by atoms with Gasteiger partial charge in [-0.3, -0.25) is 9.63 Å². The van der Waals surface area contributed by atoms with Gasteiger partial charge in [0.15, 0.2) is 5.65 Å². The number of hydrogen-bond donors (Lipinski definition) is 3. The van der Waals surface area contributed by atoms with Gasteiger partial charge in [-0.2, -0.15) is 9.61 Å². The monoisotopic (exact) mass is 510 g/mol. The molecular weight excluding hydrogens is 470 g/mol. The molecule has 0 spiro atoms. The summed E-state index contributed by atoms with van der Waals surface area (Å²) >= 11 is 0. The molecule has 3 heterocycles. The first-order valence-electron chi connectivity index (χ1n) is 13.2. The maximum Gasteiger partial charge on any atom is 0.323 e. The van der Waals surface area contributed by atoms with Crippen molar-refractivity contribution >= 4 is 23.3 Å². The van der Waals surface area contributed by atoms with Crippen molar-refractivity contribution < 1.29 is 19.1 Å². The van der Waals surface area contributed by atoms with Gasteiger partial charge in [-0.05, 0) is 31.2 Å². The molecule has 200 valence electrons. The summed E-state index contributed by atoms with van der Waals surface area (Å²) in [5.74, 6) is 1.56. The van der Waals surface area contributed by atoms with Gasteiger partial charge in [-0.1, -0.05) is 33.6 Å². The molecule has 10 heteroatoms. The second kappa shape index (κ2) is 12.2. The predicted molar refractivity (Wildman–Crippen MR) is 142 cm³/mol. The van der Waals surface area contributed by atoms with E-state index in [1.165, 1.54) is 0 Å². The van der Waals surface area contributed by atoms with Gasteiger partial charge in [0, 0.05) is 46.5 Å². The van der Waals surface area contributed by atoms with Crippen LogP contribution in [0.5, 0.6) is 0 Å². The summed E-state index contributed by atoms with van der Waals surface area (Å²) in [6, 6.07) is 5.55. The first-order valence-corrected chi connectivity index (χ1v) is 13.2. The quantitative estimate of drug-likeness (QED) is 0.266. The third-order valence-electron chi connectivity index (χ3n) is 7.12. The number of rotatable bonds is 11. The molecule has 1 fully saturated rings. The van der Waals surface area contributed by atoms with Crippen LogP contribution in [-0.4, -0.2) is 46.4 Å². The third-order valence-corrected chi connectivity index (χ3v) is 7.12. The molecule has 3 aromatic heterocycles. The van der Waals surface area contributed by atoms with Crippen LogP contribution in [0, 0.1) is 11.8 Å². The van der Waals surface area contributed by atoms with Gasteiger partial charge in [0.2, 0.25) is 12.4 Å². The van der Waals surface area contributed by atoms with Crippen molar-refractivity contribution in [3.63, 3.8) is 0 Å². The molecule has 1 unspecified atom stereocenters. The van der Waals surface area contributed by atoms with Crippen molar-refractivity contribution in [3.8, 4) is 0 Å². The van der Waals surface area contributed by atoms with E-state index in [1.807, 2.05) is 55.2 Å². The van der Waals surface area contributed by atoms with Crippen LogP contribution in [0.3, 0.4) is 0 Å². The molecule has 1 saturated carbocycles.